The Balaban J connectivity index is 1.95. The van der Waals surface area contributed by atoms with Gasteiger partial charge in [-0.15, -0.1) is 11.8 Å². The Morgan fingerprint density at radius 2 is 1.96 bits per heavy atom. The number of hydrogen-bond acceptors (Lipinski definition) is 3. The Morgan fingerprint density at radius 1 is 1.22 bits per heavy atom. The molecular weight excluding hydrogens is 306 g/mol. The zero-order valence-electron chi connectivity index (χ0n) is 14.1. The number of nitrogens with one attached hydrogen (secondary N) is 1. The maximum absolute atomic E-state index is 12.2. The summed E-state index contributed by atoms with van der Waals surface area (Å²) in [6.07, 6.45) is 0. The van der Waals surface area contributed by atoms with Crippen LogP contribution in [0, 0.1) is 13.8 Å². The second kappa shape index (κ2) is 8.06. The molecule has 1 N–H and O–H groups in total. The number of ether oxygens (including phenoxy) is 1. The second-order valence-electron chi connectivity index (χ2n) is 5.59. The van der Waals surface area contributed by atoms with Gasteiger partial charge in [-0.2, -0.15) is 0 Å². The summed E-state index contributed by atoms with van der Waals surface area (Å²) in [7, 11) is 1.64. The van der Waals surface area contributed by atoms with E-state index in [-0.39, 0.29) is 11.9 Å². The lowest BCUT2D eigenvalue weighted by Gasteiger charge is -2.17. The van der Waals surface area contributed by atoms with Crippen LogP contribution in [0.5, 0.6) is 5.75 Å². The van der Waals surface area contributed by atoms with E-state index in [0.29, 0.717) is 5.75 Å². The highest BCUT2D eigenvalue weighted by Gasteiger charge is 2.14. The first-order valence-corrected chi connectivity index (χ1v) is 8.62. The molecule has 2 rings (SSSR count). The van der Waals surface area contributed by atoms with Gasteiger partial charge >= 0.3 is 0 Å². The maximum Gasteiger partial charge on any atom is 0.230 e. The van der Waals surface area contributed by atoms with Gasteiger partial charge in [0, 0.05) is 10.5 Å². The quantitative estimate of drug-likeness (QED) is 0.804. The predicted molar refractivity (Wildman–Crippen MR) is 96.2 cm³/mol. The molecule has 0 aliphatic rings. The van der Waals surface area contributed by atoms with E-state index in [1.807, 2.05) is 31.2 Å². The minimum absolute atomic E-state index is 0.0225. The lowest BCUT2D eigenvalue weighted by atomic mass is 10.1. The predicted octanol–water partition coefficient (Wildman–Crippen LogP) is 4.28. The number of benzene rings is 2. The van der Waals surface area contributed by atoms with Gasteiger partial charge in [0.15, 0.2) is 0 Å². The third-order valence-electron chi connectivity index (χ3n) is 3.69. The van der Waals surface area contributed by atoms with Gasteiger partial charge in [0.25, 0.3) is 0 Å². The summed E-state index contributed by atoms with van der Waals surface area (Å²) in [5.74, 6) is 1.22. The number of rotatable bonds is 6. The van der Waals surface area contributed by atoms with Crippen molar-refractivity contribution in [3.8, 4) is 5.75 Å². The average Bonchev–Trinajstić information content (AvgIpc) is 2.55. The van der Waals surface area contributed by atoms with Crippen LogP contribution < -0.4 is 10.1 Å². The molecule has 0 aliphatic carbocycles. The van der Waals surface area contributed by atoms with Crippen LogP contribution in [0.4, 0.5) is 0 Å². The third kappa shape index (κ3) is 4.76. The number of hydrogen-bond donors (Lipinski definition) is 1. The maximum atomic E-state index is 12.2. The van der Waals surface area contributed by atoms with Crippen LogP contribution in [-0.2, 0) is 4.79 Å². The fourth-order valence-corrected chi connectivity index (χ4v) is 3.33. The Kier molecular flexibility index (Phi) is 6.11. The van der Waals surface area contributed by atoms with Crippen LogP contribution in [0.15, 0.2) is 47.4 Å². The van der Waals surface area contributed by atoms with Crippen LogP contribution in [-0.4, -0.2) is 18.8 Å². The lowest BCUT2D eigenvalue weighted by Crippen LogP contribution is -2.28. The molecule has 0 bridgehead atoms. The van der Waals surface area contributed by atoms with Crippen LogP contribution in [0.2, 0.25) is 0 Å². The van der Waals surface area contributed by atoms with Crippen molar-refractivity contribution >= 4 is 17.7 Å². The van der Waals surface area contributed by atoms with Crippen molar-refractivity contribution in [2.24, 2.45) is 0 Å². The van der Waals surface area contributed by atoms with Crippen molar-refractivity contribution < 1.29 is 9.53 Å². The largest absolute Gasteiger partial charge is 0.496 e. The molecule has 0 radical (unpaired) electrons. The van der Waals surface area contributed by atoms with Crippen LogP contribution >= 0.6 is 11.8 Å². The number of para-hydroxylation sites is 1. The van der Waals surface area contributed by atoms with Gasteiger partial charge in [0.1, 0.15) is 5.75 Å². The summed E-state index contributed by atoms with van der Waals surface area (Å²) >= 11 is 1.57. The summed E-state index contributed by atoms with van der Waals surface area (Å²) < 4.78 is 5.35. The van der Waals surface area contributed by atoms with E-state index in [0.717, 1.165) is 16.2 Å². The molecule has 2 aromatic rings. The monoisotopic (exact) mass is 329 g/mol. The SMILES string of the molecule is COc1ccccc1C(C)NC(=O)CSc1cc(C)ccc1C. The molecular formula is C19H23NO2S. The summed E-state index contributed by atoms with van der Waals surface area (Å²) in [5.41, 5.74) is 3.40. The van der Waals surface area contributed by atoms with Crippen molar-refractivity contribution in [1.29, 1.82) is 0 Å². The Morgan fingerprint density at radius 3 is 2.70 bits per heavy atom. The van der Waals surface area contributed by atoms with Crippen LogP contribution in [0.3, 0.4) is 0 Å². The Bertz CT molecular complexity index is 685. The Hall–Kier alpha value is -1.94. The van der Waals surface area contributed by atoms with Gasteiger partial charge in [-0.25, -0.2) is 0 Å². The molecule has 0 spiro atoms. The first kappa shape index (κ1) is 17.4. The molecule has 0 aliphatic heterocycles. The zero-order chi connectivity index (χ0) is 16.8. The number of thioether (sulfide) groups is 1. The Labute approximate surface area is 142 Å². The lowest BCUT2D eigenvalue weighted by molar-refractivity contribution is -0.119. The molecule has 1 unspecified atom stereocenters. The van der Waals surface area contributed by atoms with Gasteiger partial charge in [-0.1, -0.05) is 35.9 Å². The van der Waals surface area contributed by atoms with E-state index >= 15 is 0 Å². The van der Waals surface area contributed by atoms with E-state index in [4.69, 9.17) is 4.74 Å². The average molecular weight is 329 g/mol. The van der Waals surface area contributed by atoms with E-state index in [1.54, 1.807) is 18.9 Å². The summed E-state index contributed by atoms with van der Waals surface area (Å²) in [6.45, 7) is 6.10. The van der Waals surface area contributed by atoms with Gasteiger partial charge in [-0.3, -0.25) is 4.79 Å². The minimum atomic E-state index is -0.0853. The third-order valence-corrected chi connectivity index (χ3v) is 4.84. The first-order chi connectivity index (χ1) is 11.0. The van der Waals surface area contributed by atoms with Crippen LogP contribution in [0.25, 0.3) is 0 Å². The molecule has 3 nitrogen and oxygen atoms in total. The highest BCUT2D eigenvalue weighted by atomic mass is 32.2. The van der Waals surface area contributed by atoms with E-state index in [2.05, 4.69) is 37.4 Å². The molecule has 122 valence electrons. The van der Waals surface area contributed by atoms with E-state index in [1.165, 1.54) is 11.1 Å². The normalized spacial score (nSPS) is 11.8. The van der Waals surface area contributed by atoms with Gasteiger partial charge in [0.05, 0.1) is 18.9 Å². The van der Waals surface area contributed by atoms with Crippen molar-refractivity contribution in [3.63, 3.8) is 0 Å². The molecule has 2 aromatic carbocycles. The fraction of sp³-hybridized carbons (Fsp3) is 0.316. The highest BCUT2D eigenvalue weighted by Crippen LogP contribution is 2.26. The second-order valence-corrected chi connectivity index (χ2v) is 6.61. The highest BCUT2D eigenvalue weighted by molar-refractivity contribution is 8.00. The standard InChI is InChI=1S/C19H23NO2S/c1-13-9-10-14(2)18(11-13)23-12-19(21)20-15(3)16-7-5-6-8-17(16)22-4/h5-11,15H,12H2,1-4H3,(H,20,21). The fourth-order valence-electron chi connectivity index (χ4n) is 2.39. The summed E-state index contributed by atoms with van der Waals surface area (Å²) in [5, 5.41) is 3.04. The number of methoxy groups -OCH3 is 1. The number of carbonyl (C=O) groups is 1. The molecule has 1 atom stereocenters. The summed E-state index contributed by atoms with van der Waals surface area (Å²) in [4.78, 5) is 13.4. The molecule has 0 saturated heterocycles. The van der Waals surface area contributed by atoms with Crippen molar-refractivity contribution in [2.45, 2.75) is 31.7 Å². The molecule has 4 heteroatoms. The van der Waals surface area contributed by atoms with E-state index in [9.17, 15) is 4.79 Å². The van der Waals surface area contributed by atoms with Gasteiger partial charge in [0.2, 0.25) is 5.91 Å². The first-order valence-electron chi connectivity index (χ1n) is 7.63. The van der Waals surface area contributed by atoms with Crippen LogP contribution in [0.1, 0.15) is 29.7 Å². The number of amides is 1. The van der Waals surface area contributed by atoms with E-state index < -0.39 is 0 Å². The molecule has 1 amide bonds. The van der Waals surface area contributed by atoms with Crippen molar-refractivity contribution in [3.05, 3.63) is 59.2 Å². The molecule has 23 heavy (non-hydrogen) atoms. The number of carbonyl (C=O) groups excluding carboxylic acids is 1. The molecule has 0 fully saturated rings. The minimum Gasteiger partial charge on any atom is -0.496 e. The van der Waals surface area contributed by atoms with Crippen molar-refractivity contribution in [1.82, 2.24) is 5.32 Å². The van der Waals surface area contributed by atoms with Crippen molar-refractivity contribution in [2.75, 3.05) is 12.9 Å². The molecule has 0 heterocycles. The number of aryl methyl sites for hydroxylation is 2. The zero-order valence-corrected chi connectivity index (χ0v) is 14.9. The topological polar surface area (TPSA) is 38.3 Å². The molecule has 0 saturated carbocycles. The van der Waals surface area contributed by atoms with Gasteiger partial charge in [-0.05, 0) is 38.5 Å². The molecule has 0 aromatic heterocycles. The van der Waals surface area contributed by atoms with Gasteiger partial charge < -0.3 is 10.1 Å². The smallest absolute Gasteiger partial charge is 0.230 e. The summed E-state index contributed by atoms with van der Waals surface area (Å²) in [6, 6.07) is 14.0.